The first-order valence-corrected chi connectivity index (χ1v) is 8.40. The lowest BCUT2D eigenvalue weighted by Gasteiger charge is -2.22. The number of hydrogen-bond donors (Lipinski definition) is 1. The maximum Gasteiger partial charge on any atom is 0.290 e. The summed E-state index contributed by atoms with van der Waals surface area (Å²) in [5.74, 6) is 1.04. The van der Waals surface area contributed by atoms with Gasteiger partial charge in [0.15, 0.2) is 11.2 Å². The van der Waals surface area contributed by atoms with Crippen LogP contribution < -0.4 is 5.43 Å². The van der Waals surface area contributed by atoms with Crippen LogP contribution in [-0.4, -0.2) is 27.3 Å². The zero-order valence-corrected chi connectivity index (χ0v) is 14.2. The first-order valence-electron chi connectivity index (χ1n) is 8.40. The Kier molecular flexibility index (Phi) is 3.67. The number of benzene rings is 1. The number of nitrogens with one attached hydrogen (secondary N) is 1. The van der Waals surface area contributed by atoms with Gasteiger partial charge in [-0.15, -0.1) is 0 Å². The van der Waals surface area contributed by atoms with E-state index in [1.54, 1.807) is 11.8 Å². The molecule has 0 aliphatic carbocycles. The van der Waals surface area contributed by atoms with Crippen molar-refractivity contribution in [1.82, 2.24) is 14.9 Å². The van der Waals surface area contributed by atoms with Crippen LogP contribution in [0.25, 0.3) is 11.0 Å². The second-order valence-electron chi connectivity index (χ2n) is 6.57. The van der Waals surface area contributed by atoms with Crippen LogP contribution >= 0.6 is 0 Å². The fraction of sp³-hybridized carbons (Fsp3) is 0.316. The van der Waals surface area contributed by atoms with Crippen molar-refractivity contribution < 1.29 is 9.21 Å². The number of aryl methyl sites for hydroxylation is 2. The smallest absolute Gasteiger partial charge is 0.290 e. The highest BCUT2D eigenvalue weighted by Crippen LogP contribution is 2.32. The van der Waals surface area contributed by atoms with Crippen molar-refractivity contribution in [3.63, 3.8) is 0 Å². The van der Waals surface area contributed by atoms with Gasteiger partial charge >= 0.3 is 0 Å². The van der Waals surface area contributed by atoms with E-state index in [0.29, 0.717) is 12.3 Å². The quantitative estimate of drug-likeness (QED) is 0.779. The van der Waals surface area contributed by atoms with Gasteiger partial charge in [-0.05, 0) is 44.4 Å². The largest absolute Gasteiger partial charge is 0.456 e. The third kappa shape index (κ3) is 2.84. The highest BCUT2D eigenvalue weighted by atomic mass is 16.3. The topological polar surface area (TPSA) is 79.2 Å². The number of amides is 1. The molecule has 1 atom stereocenters. The molecule has 6 heteroatoms. The SMILES string of the molecule is Cc1ccc2nc([C@H]3CCCN3C(=O)c3cc(=O)cc(C)o3)[nH]c2c1. The van der Waals surface area contributed by atoms with Crippen molar-refractivity contribution >= 4 is 16.9 Å². The number of carbonyl (C=O) groups excluding carboxylic acids is 1. The van der Waals surface area contributed by atoms with Crippen LogP contribution in [-0.2, 0) is 0 Å². The summed E-state index contributed by atoms with van der Waals surface area (Å²) >= 11 is 0. The van der Waals surface area contributed by atoms with E-state index in [1.807, 2.05) is 25.1 Å². The van der Waals surface area contributed by atoms with Crippen molar-refractivity contribution in [3.8, 4) is 0 Å². The molecular formula is C19H19N3O3. The molecule has 3 aromatic rings. The van der Waals surface area contributed by atoms with E-state index in [1.165, 1.54) is 12.1 Å². The highest BCUT2D eigenvalue weighted by Gasteiger charge is 2.34. The fourth-order valence-electron chi connectivity index (χ4n) is 3.45. The van der Waals surface area contributed by atoms with Crippen LogP contribution in [0, 0.1) is 13.8 Å². The van der Waals surface area contributed by atoms with Crippen LogP contribution in [0.2, 0.25) is 0 Å². The number of likely N-dealkylation sites (tertiary alicyclic amines) is 1. The summed E-state index contributed by atoms with van der Waals surface area (Å²) < 4.78 is 5.47. The van der Waals surface area contributed by atoms with E-state index in [0.717, 1.165) is 35.3 Å². The summed E-state index contributed by atoms with van der Waals surface area (Å²) in [6.45, 7) is 4.32. The van der Waals surface area contributed by atoms with Crippen molar-refractivity contribution in [2.45, 2.75) is 32.7 Å². The van der Waals surface area contributed by atoms with E-state index < -0.39 is 0 Å². The molecule has 1 aliphatic heterocycles. The number of nitrogens with zero attached hydrogens (tertiary/aromatic N) is 2. The Morgan fingerprint density at radius 1 is 1.28 bits per heavy atom. The van der Waals surface area contributed by atoms with E-state index in [4.69, 9.17) is 4.42 Å². The molecule has 25 heavy (non-hydrogen) atoms. The molecule has 0 spiro atoms. The first-order chi connectivity index (χ1) is 12.0. The maximum atomic E-state index is 12.9. The normalized spacial score (nSPS) is 17.4. The van der Waals surface area contributed by atoms with Crippen LogP contribution in [0.15, 0.2) is 39.5 Å². The molecule has 4 rings (SSSR count). The zero-order valence-electron chi connectivity index (χ0n) is 14.2. The molecule has 3 heterocycles. The van der Waals surface area contributed by atoms with E-state index in [9.17, 15) is 9.59 Å². The Hall–Kier alpha value is -2.89. The van der Waals surface area contributed by atoms with Gasteiger partial charge in [-0.25, -0.2) is 4.98 Å². The fourth-order valence-corrected chi connectivity index (χ4v) is 3.45. The highest BCUT2D eigenvalue weighted by molar-refractivity contribution is 5.92. The van der Waals surface area contributed by atoms with Crippen molar-refractivity contribution in [2.75, 3.05) is 6.54 Å². The van der Waals surface area contributed by atoms with Crippen molar-refractivity contribution in [3.05, 3.63) is 63.5 Å². The second kappa shape index (κ2) is 5.88. The first kappa shape index (κ1) is 15.6. The minimum atomic E-state index is -0.264. The minimum absolute atomic E-state index is 0.0869. The number of hydrogen-bond acceptors (Lipinski definition) is 4. The molecule has 128 valence electrons. The Morgan fingerprint density at radius 2 is 2.12 bits per heavy atom. The predicted octanol–water partition coefficient (Wildman–Crippen LogP) is 3.11. The summed E-state index contributed by atoms with van der Waals surface area (Å²) in [5, 5.41) is 0. The standard InChI is InChI=1S/C19H19N3O3/c1-11-5-6-14-15(8-11)21-18(20-14)16-4-3-7-22(16)19(24)17-10-13(23)9-12(2)25-17/h5-6,8-10,16H,3-4,7H2,1-2H3,(H,20,21)/t16-/m1/s1. The average Bonchev–Trinajstić information content (AvgIpc) is 3.18. The zero-order chi connectivity index (χ0) is 17.6. The molecule has 1 aliphatic rings. The van der Waals surface area contributed by atoms with Gasteiger partial charge in [-0.3, -0.25) is 9.59 Å². The average molecular weight is 337 g/mol. The Morgan fingerprint density at radius 3 is 2.92 bits per heavy atom. The minimum Gasteiger partial charge on any atom is -0.456 e. The van der Waals surface area contributed by atoms with Crippen molar-refractivity contribution in [2.24, 2.45) is 0 Å². The molecule has 1 N–H and O–H groups in total. The van der Waals surface area contributed by atoms with Gasteiger partial charge in [0.25, 0.3) is 5.91 Å². The number of aromatic nitrogens is 2. The van der Waals surface area contributed by atoms with Crippen LogP contribution in [0.5, 0.6) is 0 Å². The lowest BCUT2D eigenvalue weighted by molar-refractivity contribution is 0.0693. The summed E-state index contributed by atoms with van der Waals surface area (Å²) in [4.78, 5) is 34.3. The summed E-state index contributed by atoms with van der Waals surface area (Å²) in [6.07, 6.45) is 1.73. The Labute approximate surface area is 144 Å². The predicted molar refractivity (Wildman–Crippen MR) is 93.6 cm³/mol. The second-order valence-corrected chi connectivity index (χ2v) is 6.57. The third-order valence-electron chi connectivity index (χ3n) is 4.59. The molecule has 1 aromatic carbocycles. The van der Waals surface area contributed by atoms with Gasteiger partial charge in [-0.2, -0.15) is 0 Å². The Balaban J connectivity index is 1.69. The molecule has 1 saturated heterocycles. The van der Waals surface area contributed by atoms with Gasteiger partial charge < -0.3 is 14.3 Å². The number of fused-ring (bicyclic) bond motifs is 1. The number of H-pyrrole nitrogens is 1. The number of carbonyl (C=O) groups is 1. The van der Waals surface area contributed by atoms with Gasteiger partial charge in [0.05, 0.1) is 17.1 Å². The van der Waals surface area contributed by atoms with Gasteiger partial charge in [0.1, 0.15) is 11.6 Å². The molecule has 0 unspecified atom stereocenters. The summed E-state index contributed by atoms with van der Waals surface area (Å²) in [7, 11) is 0. The number of aromatic amines is 1. The van der Waals surface area contributed by atoms with Crippen LogP contribution in [0.4, 0.5) is 0 Å². The maximum absolute atomic E-state index is 12.9. The lowest BCUT2D eigenvalue weighted by Crippen LogP contribution is -2.31. The van der Waals surface area contributed by atoms with Crippen LogP contribution in [0.1, 0.15) is 46.6 Å². The molecule has 0 saturated carbocycles. The molecule has 1 amide bonds. The summed E-state index contributed by atoms with van der Waals surface area (Å²) in [5.41, 5.74) is 2.80. The molecule has 0 bridgehead atoms. The van der Waals surface area contributed by atoms with Gasteiger partial charge in [-0.1, -0.05) is 6.07 Å². The Bertz CT molecular complexity index is 1020. The summed E-state index contributed by atoms with van der Waals surface area (Å²) in [6, 6.07) is 8.54. The van der Waals surface area contributed by atoms with Gasteiger partial charge in [0.2, 0.25) is 0 Å². The van der Waals surface area contributed by atoms with E-state index >= 15 is 0 Å². The lowest BCUT2D eigenvalue weighted by atomic mass is 10.2. The van der Waals surface area contributed by atoms with Crippen molar-refractivity contribution in [1.29, 1.82) is 0 Å². The molecule has 0 radical (unpaired) electrons. The third-order valence-corrected chi connectivity index (χ3v) is 4.59. The molecule has 1 fully saturated rings. The van der Waals surface area contributed by atoms with E-state index in [2.05, 4.69) is 9.97 Å². The molecule has 2 aromatic heterocycles. The monoisotopic (exact) mass is 337 g/mol. The number of rotatable bonds is 2. The molecule has 6 nitrogen and oxygen atoms in total. The molecular weight excluding hydrogens is 318 g/mol. The van der Waals surface area contributed by atoms with Gasteiger partial charge in [0, 0.05) is 18.7 Å². The van der Waals surface area contributed by atoms with E-state index in [-0.39, 0.29) is 23.1 Å². The number of imidazole rings is 1. The van der Waals surface area contributed by atoms with Crippen LogP contribution in [0.3, 0.4) is 0 Å².